The van der Waals surface area contributed by atoms with Crippen LogP contribution in [0, 0.1) is 0 Å². The van der Waals surface area contributed by atoms with Crippen LogP contribution in [0.3, 0.4) is 0 Å². The van der Waals surface area contributed by atoms with Crippen molar-refractivity contribution in [2.45, 2.75) is 56.1 Å². The molecule has 232 valence electrons. The van der Waals surface area contributed by atoms with Gasteiger partial charge in [0.1, 0.15) is 11.9 Å². The standard InChI is InChI=1S/C28H29F5N4O5S/c1-2-43(39,40)24-9-3-18(4-10-24)14-34-25(38)19-15-35-27(36-16-19)37-17-23(13-21(37)11-12-41-26(29)30)42-22-7-5-20(6-8-22)28(31,32)33/h3-10,15-16,21,23,26H,2,11-14,17H2,1H3,(H,34,38)/t21-,23-/m1/s1. The Morgan fingerprint density at radius 1 is 1.07 bits per heavy atom. The summed E-state index contributed by atoms with van der Waals surface area (Å²) in [7, 11) is -3.33. The van der Waals surface area contributed by atoms with Gasteiger partial charge in [-0.2, -0.15) is 22.0 Å². The van der Waals surface area contributed by atoms with Crippen molar-refractivity contribution < 1.29 is 44.6 Å². The number of alkyl halides is 5. The van der Waals surface area contributed by atoms with Crippen LogP contribution in [0.25, 0.3) is 0 Å². The molecule has 1 N–H and O–H groups in total. The van der Waals surface area contributed by atoms with E-state index in [0.717, 1.165) is 12.1 Å². The molecule has 1 amide bonds. The number of nitrogens with one attached hydrogen (secondary N) is 1. The molecule has 0 spiro atoms. The number of amides is 1. The third-order valence-electron chi connectivity index (χ3n) is 6.83. The molecule has 1 aliphatic heterocycles. The highest BCUT2D eigenvalue weighted by Crippen LogP contribution is 2.32. The molecule has 15 heteroatoms. The lowest BCUT2D eigenvalue weighted by atomic mass is 10.1. The van der Waals surface area contributed by atoms with Crippen molar-refractivity contribution in [2.75, 3.05) is 23.8 Å². The van der Waals surface area contributed by atoms with Crippen molar-refractivity contribution in [3.05, 3.63) is 77.6 Å². The lowest BCUT2D eigenvalue weighted by Crippen LogP contribution is -2.33. The molecule has 9 nitrogen and oxygen atoms in total. The van der Waals surface area contributed by atoms with E-state index in [1.165, 1.54) is 36.7 Å². The number of hydrogen-bond donors (Lipinski definition) is 1. The number of anilines is 1. The molecule has 0 unspecified atom stereocenters. The van der Waals surface area contributed by atoms with Gasteiger partial charge in [-0.15, -0.1) is 0 Å². The maximum atomic E-state index is 12.9. The SMILES string of the molecule is CCS(=O)(=O)c1ccc(CNC(=O)c2cnc(N3C[C@H](Oc4ccc(C(F)(F)F)cc4)C[C@H]3CCOC(F)F)nc2)cc1. The molecule has 1 aromatic heterocycles. The molecule has 0 saturated carbocycles. The third-order valence-corrected chi connectivity index (χ3v) is 8.58. The number of nitrogens with zero attached hydrogens (tertiary/aromatic N) is 3. The van der Waals surface area contributed by atoms with E-state index < -0.39 is 40.2 Å². The molecule has 2 aromatic carbocycles. The average Bonchev–Trinajstić information content (AvgIpc) is 3.38. The normalized spacial score (nSPS) is 17.3. The fraction of sp³-hybridized carbons (Fsp3) is 0.393. The van der Waals surface area contributed by atoms with Crippen molar-refractivity contribution in [1.29, 1.82) is 0 Å². The molecule has 0 bridgehead atoms. The van der Waals surface area contributed by atoms with E-state index in [1.54, 1.807) is 24.0 Å². The Kier molecular flexibility index (Phi) is 10.2. The summed E-state index contributed by atoms with van der Waals surface area (Å²) in [6.07, 6.45) is -1.84. The highest BCUT2D eigenvalue weighted by Gasteiger charge is 2.35. The number of rotatable bonds is 12. The minimum atomic E-state index is -4.48. The zero-order valence-corrected chi connectivity index (χ0v) is 23.7. The second-order valence-corrected chi connectivity index (χ2v) is 12.0. The summed E-state index contributed by atoms with van der Waals surface area (Å²) in [5, 5.41) is 2.71. The minimum absolute atomic E-state index is 0.0203. The Labute approximate surface area is 245 Å². The molecule has 1 saturated heterocycles. The van der Waals surface area contributed by atoms with Gasteiger partial charge >= 0.3 is 12.8 Å². The van der Waals surface area contributed by atoms with Crippen LogP contribution in [0.4, 0.5) is 27.9 Å². The zero-order valence-electron chi connectivity index (χ0n) is 22.9. The first-order chi connectivity index (χ1) is 20.4. The van der Waals surface area contributed by atoms with Gasteiger partial charge in [0.15, 0.2) is 9.84 Å². The number of ether oxygens (including phenoxy) is 2. The Bertz CT molecular complexity index is 1470. The quantitative estimate of drug-likeness (QED) is 0.283. The van der Waals surface area contributed by atoms with Gasteiger partial charge in [-0.25, -0.2) is 18.4 Å². The summed E-state index contributed by atoms with van der Waals surface area (Å²) >= 11 is 0. The van der Waals surface area contributed by atoms with Gasteiger partial charge in [0, 0.05) is 31.4 Å². The van der Waals surface area contributed by atoms with E-state index >= 15 is 0 Å². The predicted octanol–water partition coefficient (Wildman–Crippen LogP) is 4.87. The average molecular weight is 629 g/mol. The van der Waals surface area contributed by atoms with E-state index in [9.17, 15) is 35.2 Å². The summed E-state index contributed by atoms with van der Waals surface area (Å²) in [5.41, 5.74) is 0.0296. The predicted molar refractivity (Wildman–Crippen MR) is 146 cm³/mol. The molecule has 4 rings (SSSR count). The van der Waals surface area contributed by atoms with Crippen molar-refractivity contribution >= 4 is 21.7 Å². The van der Waals surface area contributed by atoms with Gasteiger partial charge < -0.3 is 19.7 Å². The molecule has 2 heterocycles. The highest BCUT2D eigenvalue weighted by molar-refractivity contribution is 7.91. The van der Waals surface area contributed by atoms with Gasteiger partial charge in [0.2, 0.25) is 5.95 Å². The van der Waals surface area contributed by atoms with E-state index in [4.69, 9.17) is 4.74 Å². The smallest absolute Gasteiger partial charge is 0.416 e. The molecule has 0 radical (unpaired) electrons. The van der Waals surface area contributed by atoms with E-state index in [2.05, 4.69) is 20.0 Å². The number of carbonyl (C=O) groups is 1. The van der Waals surface area contributed by atoms with E-state index in [-0.39, 0.29) is 60.1 Å². The second kappa shape index (κ2) is 13.6. The van der Waals surface area contributed by atoms with Gasteiger partial charge in [-0.1, -0.05) is 19.1 Å². The number of carbonyl (C=O) groups excluding carboxylic acids is 1. The van der Waals surface area contributed by atoms with Crippen LogP contribution in [0.15, 0.2) is 65.8 Å². The van der Waals surface area contributed by atoms with Gasteiger partial charge in [0.25, 0.3) is 5.91 Å². The Hall–Kier alpha value is -3.85. The number of sulfone groups is 1. The number of hydrogen-bond acceptors (Lipinski definition) is 8. The minimum Gasteiger partial charge on any atom is -0.489 e. The molecule has 3 aromatic rings. The first-order valence-corrected chi connectivity index (χ1v) is 14.9. The number of halogens is 5. The molecule has 0 aliphatic carbocycles. The number of aromatic nitrogens is 2. The first-order valence-electron chi connectivity index (χ1n) is 13.3. The summed E-state index contributed by atoms with van der Waals surface area (Å²) in [5.74, 6) is -0.0569. The Morgan fingerprint density at radius 3 is 2.30 bits per heavy atom. The monoisotopic (exact) mass is 628 g/mol. The second-order valence-electron chi connectivity index (χ2n) is 9.73. The van der Waals surface area contributed by atoms with Crippen LogP contribution in [-0.2, 0) is 27.3 Å². The van der Waals surface area contributed by atoms with Crippen LogP contribution in [0.2, 0.25) is 0 Å². The molecule has 43 heavy (non-hydrogen) atoms. The zero-order chi connectivity index (χ0) is 31.2. The number of benzene rings is 2. The third kappa shape index (κ3) is 8.60. The van der Waals surface area contributed by atoms with Crippen molar-refractivity contribution in [3.8, 4) is 5.75 Å². The van der Waals surface area contributed by atoms with Gasteiger partial charge in [0.05, 0.1) is 34.9 Å². The summed E-state index contributed by atoms with van der Waals surface area (Å²) in [4.78, 5) is 23.1. The van der Waals surface area contributed by atoms with Crippen LogP contribution < -0.4 is 15.0 Å². The molecule has 1 fully saturated rings. The van der Waals surface area contributed by atoms with Crippen LogP contribution >= 0.6 is 0 Å². The van der Waals surface area contributed by atoms with E-state index in [0.29, 0.717) is 12.0 Å². The molecular weight excluding hydrogens is 599 g/mol. The molecule has 1 aliphatic rings. The van der Waals surface area contributed by atoms with Crippen molar-refractivity contribution in [3.63, 3.8) is 0 Å². The van der Waals surface area contributed by atoms with E-state index in [1.807, 2.05) is 0 Å². The summed E-state index contributed by atoms with van der Waals surface area (Å²) < 4.78 is 97.9. The topological polar surface area (TPSA) is 111 Å². The Morgan fingerprint density at radius 2 is 1.72 bits per heavy atom. The van der Waals surface area contributed by atoms with Gasteiger partial charge in [-0.3, -0.25) is 4.79 Å². The van der Waals surface area contributed by atoms with Gasteiger partial charge in [-0.05, 0) is 48.4 Å². The van der Waals surface area contributed by atoms with Crippen LogP contribution in [0.1, 0.15) is 41.3 Å². The highest BCUT2D eigenvalue weighted by atomic mass is 32.2. The fourth-order valence-electron chi connectivity index (χ4n) is 4.54. The lowest BCUT2D eigenvalue weighted by molar-refractivity contribution is -0.137. The lowest BCUT2D eigenvalue weighted by Gasteiger charge is -2.24. The molecular formula is C28H29F5N4O5S. The van der Waals surface area contributed by atoms with Crippen molar-refractivity contribution in [1.82, 2.24) is 15.3 Å². The molecule has 2 atom stereocenters. The maximum Gasteiger partial charge on any atom is 0.416 e. The summed E-state index contributed by atoms with van der Waals surface area (Å²) in [6.45, 7) is -1.29. The Balaban J connectivity index is 1.39. The largest absolute Gasteiger partial charge is 0.489 e. The van der Waals surface area contributed by atoms with Crippen molar-refractivity contribution in [2.24, 2.45) is 0 Å². The van der Waals surface area contributed by atoms with Crippen LogP contribution in [-0.4, -0.2) is 62.0 Å². The maximum absolute atomic E-state index is 12.9. The first kappa shape index (κ1) is 32.1. The van der Waals surface area contributed by atoms with Crippen LogP contribution in [0.5, 0.6) is 5.75 Å². The fourth-order valence-corrected chi connectivity index (χ4v) is 5.42. The summed E-state index contributed by atoms with van der Waals surface area (Å²) in [6, 6.07) is 10.0.